The number of benzene rings is 1. The Bertz CT molecular complexity index is 1160. The smallest absolute Gasteiger partial charge is 0.317 e. The SMILES string of the molecule is CCN1CCN(CC(=O)O)CC2(N)CNCCNCC(NCc3ccc(C(C)(C)C)cc3)(C1)CN(CC(=O)O)CCN(CC(=O)O)C2. The van der Waals surface area contributed by atoms with Crippen LogP contribution >= 0.6 is 0 Å². The van der Waals surface area contributed by atoms with Crippen LogP contribution in [0.2, 0.25) is 0 Å². The van der Waals surface area contributed by atoms with Crippen molar-refractivity contribution in [2.24, 2.45) is 5.73 Å². The van der Waals surface area contributed by atoms with E-state index in [1.165, 1.54) is 5.56 Å². The van der Waals surface area contributed by atoms with Crippen LogP contribution in [0.25, 0.3) is 0 Å². The molecule has 3 fully saturated rings. The van der Waals surface area contributed by atoms with Gasteiger partial charge in [-0.25, -0.2) is 0 Å². The van der Waals surface area contributed by atoms with Crippen LogP contribution in [0, 0.1) is 0 Å². The van der Waals surface area contributed by atoms with Gasteiger partial charge in [-0.15, -0.1) is 0 Å². The monoisotopic (exact) mass is 662 g/mol. The lowest BCUT2D eigenvalue weighted by Gasteiger charge is -2.45. The molecule has 1 aromatic carbocycles. The minimum Gasteiger partial charge on any atom is -0.480 e. The molecule has 1 aromatic rings. The molecule has 2 atom stereocenters. The van der Waals surface area contributed by atoms with Crippen molar-refractivity contribution in [1.82, 2.24) is 35.6 Å². The van der Waals surface area contributed by atoms with E-state index >= 15 is 0 Å². The largest absolute Gasteiger partial charge is 0.480 e. The Labute approximate surface area is 279 Å². The molecule has 14 heteroatoms. The van der Waals surface area contributed by atoms with Gasteiger partial charge in [0.25, 0.3) is 0 Å². The molecule has 0 aliphatic carbocycles. The number of hydrogen-bond acceptors (Lipinski definition) is 11. The van der Waals surface area contributed by atoms with Crippen molar-refractivity contribution in [3.63, 3.8) is 0 Å². The van der Waals surface area contributed by atoms with Gasteiger partial charge in [0.2, 0.25) is 0 Å². The number of aliphatic carboxylic acids is 3. The lowest BCUT2D eigenvalue weighted by Crippen LogP contribution is -2.67. The van der Waals surface area contributed by atoms with Crippen LogP contribution in [0.1, 0.15) is 38.8 Å². The number of rotatable bonds is 10. The molecule has 0 aromatic heterocycles. The van der Waals surface area contributed by atoms with Crippen molar-refractivity contribution in [2.75, 3.05) is 105 Å². The predicted molar refractivity (Wildman–Crippen MR) is 182 cm³/mol. The number of carboxylic acids is 3. The first-order valence-electron chi connectivity index (χ1n) is 16.7. The van der Waals surface area contributed by atoms with Gasteiger partial charge >= 0.3 is 17.9 Å². The van der Waals surface area contributed by atoms with E-state index in [2.05, 4.69) is 72.8 Å². The Morgan fingerprint density at radius 3 is 1.68 bits per heavy atom. The van der Waals surface area contributed by atoms with Gasteiger partial charge in [0, 0.05) is 85.1 Å². The van der Waals surface area contributed by atoms with Crippen molar-refractivity contribution < 1.29 is 29.7 Å². The summed E-state index contributed by atoms with van der Waals surface area (Å²) in [6.45, 7) is 14.4. The van der Waals surface area contributed by atoms with Gasteiger partial charge in [0.15, 0.2) is 0 Å². The summed E-state index contributed by atoms with van der Waals surface area (Å²) in [6.07, 6.45) is 0. The zero-order chi connectivity index (χ0) is 34.7. The van der Waals surface area contributed by atoms with E-state index in [1.807, 2.05) is 9.80 Å². The summed E-state index contributed by atoms with van der Waals surface area (Å²) in [5.41, 5.74) is 7.81. The third kappa shape index (κ3) is 13.4. The number of nitrogens with zero attached hydrogens (tertiary/aromatic N) is 4. The average Bonchev–Trinajstić information content (AvgIpc) is 2.96. The second-order valence-electron chi connectivity index (χ2n) is 14.5. The fourth-order valence-corrected chi connectivity index (χ4v) is 6.63. The van der Waals surface area contributed by atoms with Gasteiger partial charge in [0.1, 0.15) is 0 Å². The average molecular weight is 663 g/mol. The molecule has 2 unspecified atom stereocenters. The van der Waals surface area contributed by atoms with E-state index in [9.17, 15) is 29.7 Å². The maximum atomic E-state index is 12.1. The first-order valence-corrected chi connectivity index (χ1v) is 16.7. The minimum absolute atomic E-state index is 0.0321. The quantitative estimate of drug-likeness (QED) is 0.165. The lowest BCUT2D eigenvalue weighted by atomic mass is 9.86. The van der Waals surface area contributed by atoms with Crippen LogP contribution in [-0.4, -0.2) is 169 Å². The van der Waals surface area contributed by atoms with Crippen LogP contribution in [0.4, 0.5) is 0 Å². The van der Waals surface area contributed by atoms with Gasteiger partial charge in [0.05, 0.1) is 30.7 Å². The van der Waals surface area contributed by atoms with Crippen molar-refractivity contribution >= 4 is 17.9 Å². The number of carboxylic acid groups (broad SMARTS) is 3. The van der Waals surface area contributed by atoms with Gasteiger partial charge < -0.3 is 41.9 Å². The molecule has 3 aliphatic rings. The summed E-state index contributed by atoms with van der Waals surface area (Å²) >= 11 is 0. The molecule has 0 saturated carbocycles. The molecule has 0 radical (unpaired) electrons. The van der Waals surface area contributed by atoms with Crippen LogP contribution in [0.3, 0.4) is 0 Å². The Morgan fingerprint density at radius 1 is 0.766 bits per heavy atom. The van der Waals surface area contributed by atoms with E-state index in [0.717, 1.165) is 5.56 Å². The van der Waals surface area contributed by atoms with Crippen LogP contribution in [0.5, 0.6) is 0 Å². The highest BCUT2D eigenvalue weighted by Crippen LogP contribution is 2.23. The Kier molecular flexibility index (Phi) is 14.5. The molecule has 47 heavy (non-hydrogen) atoms. The summed E-state index contributed by atoms with van der Waals surface area (Å²) in [6, 6.07) is 8.57. The topological polar surface area (TPSA) is 187 Å². The summed E-state index contributed by atoms with van der Waals surface area (Å²) in [4.78, 5) is 43.8. The van der Waals surface area contributed by atoms with E-state index in [1.54, 1.807) is 4.90 Å². The van der Waals surface area contributed by atoms with E-state index < -0.39 is 29.0 Å². The number of nitrogens with two attached hydrogens (primary N) is 1. The number of likely N-dealkylation sites (N-methyl/N-ethyl adjacent to an activating group) is 1. The standard InChI is InChI=1S/C33H58N8O6/c1-5-38-12-13-39(17-28(42)43)22-32(34)20-35-10-11-36-21-33(24-38,37-16-26-6-8-27(9-7-26)31(2,3)4)25-41(19-30(46)47)15-14-40(23-32)18-29(44)45/h6-9,35-37H,5,10-25,34H2,1-4H3,(H,42,43)(H,44,45)(H,46,47). The van der Waals surface area contributed by atoms with Crippen LogP contribution < -0.4 is 21.7 Å². The summed E-state index contributed by atoms with van der Waals surface area (Å²) in [7, 11) is 0. The lowest BCUT2D eigenvalue weighted by molar-refractivity contribution is -0.140. The summed E-state index contributed by atoms with van der Waals surface area (Å²) in [5.74, 6) is -2.91. The number of fused-ring (bicyclic) bond motifs is 15. The maximum Gasteiger partial charge on any atom is 0.317 e. The summed E-state index contributed by atoms with van der Waals surface area (Å²) < 4.78 is 0. The zero-order valence-corrected chi connectivity index (χ0v) is 28.8. The maximum absolute atomic E-state index is 12.1. The highest BCUT2D eigenvalue weighted by atomic mass is 16.4. The number of nitrogens with one attached hydrogen (secondary N) is 3. The molecule has 266 valence electrons. The van der Waals surface area contributed by atoms with E-state index in [-0.39, 0.29) is 44.7 Å². The van der Waals surface area contributed by atoms with Gasteiger partial charge in [-0.05, 0) is 23.1 Å². The predicted octanol–water partition coefficient (Wildman–Crippen LogP) is -0.802. The van der Waals surface area contributed by atoms with Gasteiger partial charge in [-0.1, -0.05) is 52.0 Å². The molecule has 3 heterocycles. The number of hydrogen-bond donors (Lipinski definition) is 7. The zero-order valence-electron chi connectivity index (χ0n) is 28.8. The van der Waals surface area contributed by atoms with Crippen LogP contribution in [-0.2, 0) is 26.3 Å². The molecule has 3 saturated heterocycles. The first kappa shape index (κ1) is 38.8. The van der Waals surface area contributed by atoms with E-state index in [4.69, 9.17) is 5.73 Å². The molecule has 0 amide bonds. The molecule has 14 nitrogen and oxygen atoms in total. The summed E-state index contributed by atoms with van der Waals surface area (Å²) in [5, 5.41) is 40.4. The fraction of sp³-hybridized carbons (Fsp3) is 0.727. The van der Waals surface area contributed by atoms with Crippen molar-refractivity contribution in [3.8, 4) is 0 Å². The van der Waals surface area contributed by atoms with Gasteiger partial charge in [-0.3, -0.25) is 29.1 Å². The Hall–Kier alpha value is -2.69. The minimum atomic E-state index is -1.01. The third-order valence-corrected chi connectivity index (χ3v) is 9.02. The second kappa shape index (κ2) is 17.6. The molecular weight excluding hydrogens is 604 g/mol. The Balaban J connectivity index is 2.07. The van der Waals surface area contributed by atoms with Crippen molar-refractivity contribution in [1.29, 1.82) is 0 Å². The van der Waals surface area contributed by atoms with E-state index in [0.29, 0.717) is 72.0 Å². The van der Waals surface area contributed by atoms with Crippen LogP contribution in [0.15, 0.2) is 24.3 Å². The van der Waals surface area contributed by atoms with Gasteiger partial charge in [-0.2, -0.15) is 0 Å². The Morgan fingerprint density at radius 2 is 1.21 bits per heavy atom. The first-order chi connectivity index (χ1) is 22.1. The van der Waals surface area contributed by atoms with Crippen molar-refractivity contribution in [2.45, 2.75) is 50.7 Å². The third-order valence-electron chi connectivity index (χ3n) is 9.02. The molecule has 3 aliphatic heterocycles. The highest BCUT2D eigenvalue weighted by Gasteiger charge is 2.37. The molecule has 4 rings (SSSR count). The second-order valence-corrected chi connectivity index (χ2v) is 14.5. The molecule has 8 N–H and O–H groups in total. The normalized spacial score (nSPS) is 25.6. The molecule has 2 bridgehead atoms. The highest BCUT2D eigenvalue weighted by molar-refractivity contribution is 5.70. The fourth-order valence-electron chi connectivity index (χ4n) is 6.63. The molecular formula is C33H58N8O6. The number of carbonyl (C=O) groups is 3. The molecule has 0 spiro atoms. The van der Waals surface area contributed by atoms with Crippen molar-refractivity contribution in [3.05, 3.63) is 35.4 Å².